The molecular formula is C14H19Cl2N. The Balaban J connectivity index is 2.00. The SMILES string of the molecule is CCC1(CNC(C)c2cccc(Cl)c2Cl)CC1. The summed E-state index contributed by atoms with van der Waals surface area (Å²) in [4.78, 5) is 0. The lowest BCUT2D eigenvalue weighted by molar-refractivity contribution is 0.415. The molecule has 1 unspecified atom stereocenters. The van der Waals surface area contributed by atoms with Crippen molar-refractivity contribution in [2.24, 2.45) is 5.41 Å². The highest BCUT2D eigenvalue weighted by Crippen LogP contribution is 2.48. The van der Waals surface area contributed by atoms with Gasteiger partial charge in [0.05, 0.1) is 10.0 Å². The molecule has 1 nitrogen and oxygen atoms in total. The summed E-state index contributed by atoms with van der Waals surface area (Å²) in [7, 11) is 0. The molecule has 94 valence electrons. The fourth-order valence-corrected chi connectivity index (χ4v) is 2.64. The van der Waals surface area contributed by atoms with Gasteiger partial charge in [0.1, 0.15) is 0 Å². The summed E-state index contributed by atoms with van der Waals surface area (Å²) in [6.07, 6.45) is 3.97. The van der Waals surface area contributed by atoms with Crippen LogP contribution in [0.1, 0.15) is 44.7 Å². The van der Waals surface area contributed by atoms with Crippen molar-refractivity contribution in [3.05, 3.63) is 33.8 Å². The molecular weight excluding hydrogens is 253 g/mol. The summed E-state index contributed by atoms with van der Waals surface area (Å²) >= 11 is 12.2. The van der Waals surface area contributed by atoms with E-state index in [0.29, 0.717) is 15.5 Å². The summed E-state index contributed by atoms with van der Waals surface area (Å²) in [6, 6.07) is 6.07. The van der Waals surface area contributed by atoms with Gasteiger partial charge in [-0.2, -0.15) is 0 Å². The van der Waals surface area contributed by atoms with Crippen LogP contribution in [0, 0.1) is 5.41 Å². The number of rotatable bonds is 5. The van der Waals surface area contributed by atoms with E-state index in [1.165, 1.54) is 19.3 Å². The minimum absolute atomic E-state index is 0.255. The Morgan fingerprint density at radius 2 is 2.06 bits per heavy atom. The Morgan fingerprint density at radius 1 is 1.35 bits per heavy atom. The van der Waals surface area contributed by atoms with Crippen LogP contribution >= 0.6 is 23.2 Å². The Morgan fingerprint density at radius 3 is 2.65 bits per heavy atom. The summed E-state index contributed by atoms with van der Waals surface area (Å²) < 4.78 is 0. The second kappa shape index (κ2) is 5.17. The van der Waals surface area contributed by atoms with Crippen LogP contribution in [0.4, 0.5) is 0 Å². The molecule has 0 amide bonds. The molecule has 0 aromatic heterocycles. The Labute approximate surface area is 114 Å². The normalized spacial score (nSPS) is 19.1. The second-order valence-electron chi connectivity index (χ2n) is 5.10. The molecule has 2 rings (SSSR count). The first kappa shape index (κ1) is 13.2. The number of benzene rings is 1. The molecule has 1 saturated carbocycles. The van der Waals surface area contributed by atoms with Crippen LogP contribution in [-0.2, 0) is 0 Å². The van der Waals surface area contributed by atoms with Crippen molar-refractivity contribution in [3.8, 4) is 0 Å². The fraction of sp³-hybridized carbons (Fsp3) is 0.571. The summed E-state index contributed by atoms with van der Waals surface area (Å²) in [6.45, 7) is 5.49. The number of hydrogen-bond donors (Lipinski definition) is 1. The fourth-order valence-electron chi connectivity index (χ4n) is 2.17. The molecule has 0 saturated heterocycles. The van der Waals surface area contributed by atoms with E-state index in [1.54, 1.807) is 0 Å². The molecule has 17 heavy (non-hydrogen) atoms. The van der Waals surface area contributed by atoms with Crippen molar-refractivity contribution in [2.45, 2.75) is 39.2 Å². The van der Waals surface area contributed by atoms with Gasteiger partial charge in [0, 0.05) is 12.6 Å². The summed E-state index contributed by atoms with van der Waals surface area (Å²) in [5, 5.41) is 4.89. The minimum Gasteiger partial charge on any atom is -0.310 e. The van der Waals surface area contributed by atoms with Crippen molar-refractivity contribution < 1.29 is 0 Å². The minimum atomic E-state index is 0.255. The molecule has 1 aliphatic carbocycles. The predicted octanol–water partition coefficient (Wildman–Crippen LogP) is 4.83. The van der Waals surface area contributed by atoms with Crippen LogP contribution in [0.15, 0.2) is 18.2 Å². The third kappa shape index (κ3) is 2.96. The van der Waals surface area contributed by atoms with E-state index in [1.807, 2.05) is 18.2 Å². The zero-order valence-electron chi connectivity index (χ0n) is 10.4. The van der Waals surface area contributed by atoms with E-state index >= 15 is 0 Å². The van der Waals surface area contributed by atoms with Gasteiger partial charge in [0.25, 0.3) is 0 Å². The molecule has 1 atom stereocenters. The van der Waals surface area contributed by atoms with E-state index in [9.17, 15) is 0 Å². The van der Waals surface area contributed by atoms with Gasteiger partial charge in [0.2, 0.25) is 0 Å². The molecule has 1 N–H and O–H groups in total. The Bertz CT molecular complexity index is 399. The lowest BCUT2D eigenvalue weighted by atomic mass is 10.0. The molecule has 1 fully saturated rings. The van der Waals surface area contributed by atoms with Gasteiger partial charge >= 0.3 is 0 Å². The van der Waals surface area contributed by atoms with Crippen molar-refractivity contribution >= 4 is 23.2 Å². The van der Waals surface area contributed by atoms with Crippen LogP contribution in [0.2, 0.25) is 10.0 Å². The average molecular weight is 272 g/mol. The van der Waals surface area contributed by atoms with Crippen molar-refractivity contribution in [1.82, 2.24) is 5.32 Å². The lowest BCUT2D eigenvalue weighted by Gasteiger charge is -2.20. The maximum atomic E-state index is 6.22. The molecule has 1 aromatic carbocycles. The van der Waals surface area contributed by atoms with Gasteiger partial charge in [-0.15, -0.1) is 0 Å². The number of halogens is 2. The summed E-state index contributed by atoms with van der Waals surface area (Å²) in [5.74, 6) is 0. The van der Waals surface area contributed by atoms with E-state index in [0.717, 1.165) is 12.1 Å². The Kier molecular flexibility index (Phi) is 4.02. The maximum Gasteiger partial charge on any atom is 0.0639 e. The average Bonchev–Trinajstić information content (AvgIpc) is 3.10. The van der Waals surface area contributed by atoms with Crippen LogP contribution in [0.3, 0.4) is 0 Å². The van der Waals surface area contributed by atoms with Gasteiger partial charge in [0.15, 0.2) is 0 Å². The molecule has 0 radical (unpaired) electrons. The monoisotopic (exact) mass is 271 g/mol. The zero-order valence-corrected chi connectivity index (χ0v) is 11.9. The predicted molar refractivity (Wildman–Crippen MR) is 74.8 cm³/mol. The highest BCUT2D eigenvalue weighted by atomic mass is 35.5. The molecule has 0 heterocycles. The van der Waals surface area contributed by atoms with E-state index in [4.69, 9.17) is 23.2 Å². The van der Waals surface area contributed by atoms with Crippen LogP contribution in [0.5, 0.6) is 0 Å². The third-order valence-corrected chi connectivity index (χ3v) is 4.77. The van der Waals surface area contributed by atoms with Crippen LogP contribution in [0.25, 0.3) is 0 Å². The Hall–Kier alpha value is -0.240. The maximum absolute atomic E-state index is 6.22. The molecule has 0 bridgehead atoms. The van der Waals surface area contributed by atoms with E-state index < -0.39 is 0 Å². The van der Waals surface area contributed by atoms with Gasteiger partial charge in [-0.05, 0) is 43.2 Å². The molecule has 3 heteroatoms. The number of hydrogen-bond acceptors (Lipinski definition) is 1. The van der Waals surface area contributed by atoms with Gasteiger partial charge in [-0.3, -0.25) is 0 Å². The summed E-state index contributed by atoms with van der Waals surface area (Å²) in [5.41, 5.74) is 1.64. The third-order valence-electron chi connectivity index (χ3n) is 3.94. The largest absolute Gasteiger partial charge is 0.310 e. The van der Waals surface area contributed by atoms with Gasteiger partial charge < -0.3 is 5.32 Å². The van der Waals surface area contributed by atoms with E-state index in [2.05, 4.69) is 19.2 Å². The zero-order chi connectivity index (χ0) is 12.5. The standard InChI is InChI=1S/C14H19Cl2N/c1-3-14(7-8-14)9-17-10(2)11-5-4-6-12(15)13(11)16/h4-6,10,17H,3,7-9H2,1-2H3. The highest BCUT2D eigenvalue weighted by molar-refractivity contribution is 6.42. The molecule has 0 aliphatic heterocycles. The topological polar surface area (TPSA) is 12.0 Å². The highest BCUT2D eigenvalue weighted by Gasteiger charge is 2.40. The first-order chi connectivity index (χ1) is 8.08. The quantitative estimate of drug-likeness (QED) is 0.809. The number of nitrogens with one attached hydrogen (secondary N) is 1. The lowest BCUT2D eigenvalue weighted by Crippen LogP contribution is -2.26. The van der Waals surface area contributed by atoms with Gasteiger partial charge in [-0.25, -0.2) is 0 Å². The molecule has 1 aromatic rings. The first-order valence-electron chi connectivity index (χ1n) is 6.25. The smallest absolute Gasteiger partial charge is 0.0639 e. The van der Waals surface area contributed by atoms with Crippen LogP contribution < -0.4 is 5.32 Å². The second-order valence-corrected chi connectivity index (χ2v) is 5.88. The van der Waals surface area contributed by atoms with Crippen molar-refractivity contribution in [3.63, 3.8) is 0 Å². The van der Waals surface area contributed by atoms with Gasteiger partial charge in [-0.1, -0.05) is 42.3 Å². The molecule has 1 aliphatic rings. The first-order valence-corrected chi connectivity index (χ1v) is 7.01. The van der Waals surface area contributed by atoms with Crippen LogP contribution in [-0.4, -0.2) is 6.54 Å². The van der Waals surface area contributed by atoms with E-state index in [-0.39, 0.29) is 6.04 Å². The molecule has 0 spiro atoms. The van der Waals surface area contributed by atoms with Crippen molar-refractivity contribution in [1.29, 1.82) is 0 Å². The van der Waals surface area contributed by atoms with Crippen molar-refractivity contribution in [2.75, 3.05) is 6.54 Å².